The lowest BCUT2D eigenvalue weighted by molar-refractivity contribution is -0.121. The highest BCUT2D eigenvalue weighted by atomic mass is 32.2. The van der Waals surface area contributed by atoms with Gasteiger partial charge in [-0.05, 0) is 54.8 Å². The highest BCUT2D eigenvalue weighted by Gasteiger charge is 2.14. The van der Waals surface area contributed by atoms with E-state index in [1.807, 2.05) is 38.1 Å². The summed E-state index contributed by atoms with van der Waals surface area (Å²) in [5.41, 5.74) is 3.73. The van der Waals surface area contributed by atoms with Crippen molar-refractivity contribution in [1.29, 1.82) is 0 Å². The Labute approximate surface area is 170 Å². The molecule has 0 aliphatic carbocycles. The molecule has 1 amide bonds. The fourth-order valence-electron chi connectivity index (χ4n) is 2.66. The van der Waals surface area contributed by atoms with Gasteiger partial charge in [-0.1, -0.05) is 18.2 Å². The molecule has 3 rings (SSSR count). The molecule has 8 nitrogen and oxygen atoms in total. The van der Waals surface area contributed by atoms with E-state index in [1.165, 1.54) is 6.33 Å². The van der Waals surface area contributed by atoms with Crippen LogP contribution in [0.25, 0.3) is 5.69 Å². The highest BCUT2D eigenvalue weighted by molar-refractivity contribution is 7.89. The first-order chi connectivity index (χ1) is 13.8. The highest BCUT2D eigenvalue weighted by Crippen LogP contribution is 2.14. The van der Waals surface area contributed by atoms with Crippen LogP contribution in [0.2, 0.25) is 0 Å². The molecule has 152 valence electrons. The van der Waals surface area contributed by atoms with Gasteiger partial charge < -0.3 is 5.32 Å². The molecule has 0 aliphatic rings. The molecule has 0 fully saturated rings. The summed E-state index contributed by atoms with van der Waals surface area (Å²) >= 11 is 0. The first-order valence-electron chi connectivity index (χ1n) is 9.13. The molecular weight excluding hydrogens is 390 g/mol. The number of aryl methyl sites for hydroxylation is 2. The van der Waals surface area contributed by atoms with Gasteiger partial charge in [0.05, 0.1) is 10.6 Å². The van der Waals surface area contributed by atoms with Gasteiger partial charge in [-0.3, -0.25) is 4.79 Å². The lowest BCUT2D eigenvalue weighted by Gasteiger charge is -2.09. The van der Waals surface area contributed by atoms with E-state index in [4.69, 9.17) is 0 Å². The van der Waals surface area contributed by atoms with Crippen LogP contribution in [-0.2, 0) is 21.4 Å². The molecule has 0 atom stereocenters. The third-order valence-electron chi connectivity index (χ3n) is 4.54. The minimum absolute atomic E-state index is 0.0341. The number of nitrogens with zero attached hydrogens (tertiary/aromatic N) is 3. The number of aromatic nitrogens is 3. The summed E-state index contributed by atoms with van der Waals surface area (Å²) in [7, 11) is -3.63. The van der Waals surface area contributed by atoms with Gasteiger partial charge in [0, 0.05) is 19.5 Å². The smallest absolute Gasteiger partial charge is 0.240 e. The molecule has 0 saturated carbocycles. The van der Waals surface area contributed by atoms with Gasteiger partial charge in [0.2, 0.25) is 15.9 Å². The maximum atomic E-state index is 12.3. The topological polar surface area (TPSA) is 106 Å². The molecule has 0 spiro atoms. The first-order valence-corrected chi connectivity index (χ1v) is 10.6. The molecule has 0 saturated heterocycles. The summed E-state index contributed by atoms with van der Waals surface area (Å²) in [6.45, 7) is 4.18. The molecule has 0 radical (unpaired) electrons. The Bertz CT molecular complexity index is 1080. The zero-order valence-corrected chi connectivity index (χ0v) is 17.1. The van der Waals surface area contributed by atoms with Crippen LogP contribution in [0.3, 0.4) is 0 Å². The van der Waals surface area contributed by atoms with Gasteiger partial charge in [0.25, 0.3) is 0 Å². The molecule has 0 bridgehead atoms. The number of sulfonamides is 1. The zero-order chi connectivity index (χ0) is 20.9. The number of carbonyl (C=O) groups excluding carboxylic acids is 1. The Hall–Kier alpha value is -3.04. The molecule has 1 aromatic heterocycles. The maximum Gasteiger partial charge on any atom is 0.240 e. The van der Waals surface area contributed by atoms with E-state index in [9.17, 15) is 13.2 Å². The first kappa shape index (κ1) is 20.7. The van der Waals surface area contributed by atoms with Crippen LogP contribution in [0.4, 0.5) is 0 Å². The van der Waals surface area contributed by atoms with E-state index < -0.39 is 10.0 Å². The zero-order valence-electron chi connectivity index (χ0n) is 16.3. The van der Waals surface area contributed by atoms with Crippen LogP contribution in [-0.4, -0.2) is 35.6 Å². The second kappa shape index (κ2) is 8.97. The summed E-state index contributed by atoms with van der Waals surface area (Å²) in [5.74, 6) is -0.229. The van der Waals surface area contributed by atoms with Gasteiger partial charge >= 0.3 is 0 Å². The van der Waals surface area contributed by atoms with E-state index in [2.05, 4.69) is 20.1 Å². The van der Waals surface area contributed by atoms with Crippen molar-refractivity contribution >= 4 is 15.9 Å². The minimum Gasteiger partial charge on any atom is -0.352 e. The Morgan fingerprint density at radius 2 is 1.83 bits per heavy atom. The number of hydrogen-bond donors (Lipinski definition) is 2. The third-order valence-corrected chi connectivity index (χ3v) is 6.00. The summed E-state index contributed by atoms with van der Waals surface area (Å²) in [4.78, 5) is 16.1. The number of nitrogens with one attached hydrogen (secondary N) is 2. The second-order valence-electron chi connectivity index (χ2n) is 6.68. The molecular formula is C20H23N5O3S. The molecule has 9 heteroatoms. The predicted molar refractivity (Wildman–Crippen MR) is 109 cm³/mol. The lowest BCUT2D eigenvalue weighted by atomic mass is 10.1. The Balaban J connectivity index is 1.45. The molecule has 3 aromatic rings. The van der Waals surface area contributed by atoms with Crippen molar-refractivity contribution < 1.29 is 13.2 Å². The monoisotopic (exact) mass is 413 g/mol. The van der Waals surface area contributed by atoms with Crippen molar-refractivity contribution in [3.05, 3.63) is 71.8 Å². The van der Waals surface area contributed by atoms with Crippen molar-refractivity contribution in [2.75, 3.05) is 6.54 Å². The van der Waals surface area contributed by atoms with Crippen LogP contribution >= 0.6 is 0 Å². The second-order valence-corrected chi connectivity index (χ2v) is 8.44. The maximum absolute atomic E-state index is 12.3. The number of rotatable bonds is 8. The quantitative estimate of drug-likeness (QED) is 0.586. The van der Waals surface area contributed by atoms with Gasteiger partial charge in [-0.25, -0.2) is 22.8 Å². The summed E-state index contributed by atoms with van der Waals surface area (Å²) in [6, 6.07) is 12.5. The van der Waals surface area contributed by atoms with E-state index >= 15 is 0 Å². The third kappa shape index (κ3) is 5.49. The standard InChI is InChI=1S/C20H23N5O3S/c1-15-3-8-19(11-16(15)2)29(27,28)24-10-9-20(26)22-12-17-4-6-18(7-5-17)25-14-21-13-23-25/h3-8,11,13-14,24H,9-10,12H2,1-2H3,(H,22,26). The molecule has 0 aliphatic heterocycles. The number of amides is 1. The van der Waals surface area contributed by atoms with Gasteiger partial charge in [-0.2, -0.15) is 5.10 Å². The normalized spacial score (nSPS) is 11.4. The van der Waals surface area contributed by atoms with Crippen molar-refractivity contribution in [2.45, 2.75) is 31.7 Å². The summed E-state index contributed by atoms with van der Waals surface area (Å²) in [6.07, 6.45) is 3.12. The Kier molecular flexibility index (Phi) is 6.40. The van der Waals surface area contributed by atoms with Crippen molar-refractivity contribution in [2.24, 2.45) is 0 Å². The van der Waals surface area contributed by atoms with Crippen LogP contribution in [0.5, 0.6) is 0 Å². The Morgan fingerprint density at radius 1 is 1.07 bits per heavy atom. The van der Waals surface area contributed by atoms with E-state index in [0.717, 1.165) is 22.4 Å². The fourth-order valence-corrected chi connectivity index (χ4v) is 3.78. The summed E-state index contributed by atoms with van der Waals surface area (Å²) in [5, 5.41) is 6.84. The van der Waals surface area contributed by atoms with E-state index in [0.29, 0.717) is 6.54 Å². The SMILES string of the molecule is Cc1ccc(S(=O)(=O)NCCC(=O)NCc2ccc(-n3cncn3)cc2)cc1C. The minimum atomic E-state index is -3.63. The average Bonchev–Trinajstić information content (AvgIpc) is 3.23. The molecule has 2 N–H and O–H groups in total. The number of hydrogen-bond acceptors (Lipinski definition) is 5. The summed E-state index contributed by atoms with van der Waals surface area (Å²) < 4.78 is 28.8. The van der Waals surface area contributed by atoms with Gasteiger partial charge in [0.1, 0.15) is 12.7 Å². The number of carbonyl (C=O) groups is 1. The predicted octanol–water partition coefficient (Wildman–Crippen LogP) is 1.87. The largest absolute Gasteiger partial charge is 0.352 e. The molecule has 1 heterocycles. The number of benzene rings is 2. The molecule has 29 heavy (non-hydrogen) atoms. The van der Waals surface area contributed by atoms with Gasteiger partial charge in [-0.15, -0.1) is 0 Å². The van der Waals surface area contributed by atoms with Crippen LogP contribution in [0, 0.1) is 13.8 Å². The fraction of sp³-hybridized carbons (Fsp3) is 0.250. The van der Waals surface area contributed by atoms with Gasteiger partial charge in [0.15, 0.2) is 0 Å². The van der Waals surface area contributed by atoms with Crippen molar-refractivity contribution in [1.82, 2.24) is 24.8 Å². The van der Waals surface area contributed by atoms with E-state index in [-0.39, 0.29) is 23.8 Å². The van der Waals surface area contributed by atoms with Crippen LogP contribution in [0.1, 0.15) is 23.1 Å². The van der Waals surface area contributed by atoms with Crippen LogP contribution in [0.15, 0.2) is 60.0 Å². The van der Waals surface area contributed by atoms with Crippen molar-refractivity contribution in [3.8, 4) is 5.69 Å². The lowest BCUT2D eigenvalue weighted by Crippen LogP contribution is -2.30. The van der Waals surface area contributed by atoms with Crippen molar-refractivity contribution in [3.63, 3.8) is 0 Å². The Morgan fingerprint density at radius 3 is 2.48 bits per heavy atom. The molecule has 2 aromatic carbocycles. The average molecular weight is 414 g/mol. The van der Waals surface area contributed by atoms with E-state index in [1.54, 1.807) is 29.2 Å². The molecule has 0 unspecified atom stereocenters. The van der Waals surface area contributed by atoms with Crippen LogP contribution < -0.4 is 10.0 Å².